The highest BCUT2D eigenvalue weighted by atomic mass is 32.1. The molecule has 128 valence electrons. The maximum atomic E-state index is 11.6. The molecule has 6 nitrogen and oxygen atoms in total. The van der Waals surface area contributed by atoms with Crippen molar-refractivity contribution in [2.75, 3.05) is 13.6 Å². The van der Waals surface area contributed by atoms with Gasteiger partial charge in [0.05, 0.1) is 12.2 Å². The molecule has 7 heteroatoms. The number of nitrogens with one attached hydrogen (secondary N) is 3. The first-order valence-corrected chi connectivity index (χ1v) is 9.14. The number of thiazole rings is 1. The van der Waals surface area contributed by atoms with Crippen LogP contribution in [0.15, 0.2) is 10.4 Å². The van der Waals surface area contributed by atoms with Gasteiger partial charge in [-0.2, -0.15) is 0 Å². The standard InChI is InChI=1S/C16H27N5OS/c1-11(2)13-10-23-15(21-13)9-19-16(17-3)18-8-4-5-14(22)20-12-6-7-12/h10-12H,4-9H2,1-3H3,(H,20,22)(H2,17,18,19). The number of carbonyl (C=O) groups excluding carboxylic acids is 1. The van der Waals surface area contributed by atoms with Crippen LogP contribution >= 0.6 is 11.3 Å². The van der Waals surface area contributed by atoms with E-state index in [-0.39, 0.29) is 5.91 Å². The first-order chi connectivity index (χ1) is 11.1. The minimum atomic E-state index is 0.154. The zero-order valence-electron chi connectivity index (χ0n) is 14.2. The molecule has 1 aliphatic carbocycles. The maximum Gasteiger partial charge on any atom is 0.220 e. The van der Waals surface area contributed by atoms with Gasteiger partial charge in [0.25, 0.3) is 0 Å². The van der Waals surface area contributed by atoms with Crippen LogP contribution in [0.4, 0.5) is 0 Å². The highest BCUT2D eigenvalue weighted by Crippen LogP contribution is 2.18. The average Bonchev–Trinajstić information content (AvgIpc) is 3.20. The Morgan fingerprint density at radius 3 is 2.83 bits per heavy atom. The van der Waals surface area contributed by atoms with Crippen molar-refractivity contribution in [3.8, 4) is 0 Å². The fourth-order valence-corrected chi connectivity index (χ4v) is 2.93. The Hall–Kier alpha value is -1.63. The van der Waals surface area contributed by atoms with Crippen LogP contribution in [0.3, 0.4) is 0 Å². The Morgan fingerprint density at radius 2 is 2.22 bits per heavy atom. The molecule has 0 aromatic carbocycles. The summed E-state index contributed by atoms with van der Waals surface area (Å²) in [6, 6.07) is 0.443. The first kappa shape index (κ1) is 17.7. The zero-order valence-corrected chi connectivity index (χ0v) is 15.0. The van der Waals surface area contributed by atoms with E-state index in [1.807, 2.05) is 0 Å². The van der Waals surface area contributed by atoms with Gasteiger partial charge in [-0.1, -0.05) is 13.8 Å². The Kier molecular flexibility index (Phi) is 6.83. The quantitative estimate of drug-likeness (QED) is 0.385. The Labute approximate surface area is 142 Å². The van der Waals surface area contributed by atoms with Crippen LogP contribution in [0, 0.1) is 0 Å². The molecule has 0 atom stereocenters. The molecule has 2 rings (SSSR count). The number of guanidine groups is 1. The normalized spacial score (nSPS) is 14.9. The fourth-order valence-electron chi connectivity index (χ4n) is 2.03. The first-order valence-electron chi connectivity index (χ1n) is 8.26. The summed E-state index contributed by atoms with van der Waals surface area (Å²) in [4.78, 5) is 20.4. The molecule has 1 aromatic heterocycles. The number of aromatic nitrogens is 1. The van der Waals surface area contributed by atoms with Gasteiger partial charge in [0.2, 0.25) is 5.91 Å². The van der Waals surface area contributed by atoms with Crippen LogP contribution in [0.5, 0.6) is 0 Å². The number of aliphatic imine (C=N–C) groups is 1. The van der Waals surface area contributed by atoms with Gasteiger partial charge in [-0.05, 0) is 25.2 Å². The maximum absolute atomic E-state index is 11.6. The summed E-state index contributed by atoms with van der Waals surface area (Å²) >= 11 is 1.66. The number of nitrogens with zero attached hydrogens (tertiary/aromatic N) is 2. The number of rotatable bonds is 8. The average molecular weight is 337 g/mol. The minimum absolute atomic E-state index is 0.154. The molecular formula is C16H27N5OS. The van der Waals surface area contributed by atoms with E-state index in [0.29, 0.717) is 24.9 Å². The largest absolute Gasteiger partial charge is 0.356 e. The van der Waals surface area contributed by atoms with Crippen LogP contribution in [0.1, 0.15) is 56.2 Å². The molecule has 1 heterocycles. The van der Waals surface area contributed by atoms with Gasteiger partial charge in [0.15, 0.2) is 5.96 Å². The molecule has 0 radical (unpaired) electrons. The highest BCUT2D eigenvalue weighted by Gasteiger charge is 2.22. The molecule has 1 saturated carbocycles. The van der Waals surface area contributed by atoms with Gasteiger partial charge in [-0.3, -0.25) is 9.79 Å². The Morgan fingerprint density at radius 1 is 1.43 bits per heavy atom. The lowest BCUT2D eigenvalue weighted by molar-refractivity contribution is -0.121. The van der Waals surface area contributed by atoms with E-state index in [0.717, 1.165) is 42.5 Å². The molecule has 23 heavy (non-hydrogen) atoms. The molecule has 1 aliphatic rings. The van der Waals surface area contributed by atoms with Gasteiger partial charge >= 0.3 is 0 Å². The van der Waals surface area contributed by atoms with E-state index in [4.69, 9.17) is 0 Å². The van der Waals surface area contributed by atoms with Gasteiger partial charge < -0.3 is 16.0 Å². The van der Waals surface area contributed by atoms with Crippen molar-refractivity contribution in [3.63, 3.8) is 0 Å². The lowest BCUT2D eigenvalue weighted by atomic mass is 10.2. The fraction of sp³-hybridized carbons (Fsp3) is 0.688. The third-order valence-corrected chi connectivity index (χ3v) is 4.47. The smallest absolute Gasteiger partial charge is 0.220 e. The minimum Gasteiger partial charge on any atom is -0.356 e. The number of hydrogen-bond donors (Lipinski definition) is 3. The predicted molar refractivity (Wildman–Crippen MR) is 94.8 cm³/mol. The van der Waals surface area contributed by atoms with Gasteiger partial charge in [0, 0.05) is 31.4 Å². The van der Waals surface area contributed by atoms with E-state index >= 15 is 0 Å². The molecule has 0 bridgehead atoms. The molecule has 0 spiro atoms. The van der Waals surface area contributed by atoms with Crippen molar-refractivity contribution in [1.82, 2.24) is 20.9 Å². The van der Waals surface area contributed by atoms with E-state index in [1.165, 1.54) is 0 Å². The van der Waals surface area contributed by atoms with E-state index < -0.39 is 0 Å². The number of hydrogen-bond acceptors (Lipinski definition) is 4. The molecule has 1 amide bonds. The second-order valence-electron chi connectivity index (χ2n) is 6.12. The van der Waals surface area contributed by atoms with Gasteiger partial charge in [-0.15, -0.1) is 11.3 Å². The van der Waals surface area contributed by atoms with Crippen LogP contribution in [0.25, 0.3) is 0 Å². The van der Waals surface area contributed by atoms with Gasteiger partial charge in [0.1, 0.15) is 5.01 Å². The third kappa shape index (κ3) is 6.56. The summed E-state index contributed by atoms with van der Waals surface area (Å²) in [6.45, 7) is 5.68. The van der Waals surface area contributed by atoms with E-state index in [2.05, 4.69) is 45.2 Å². The molecular weight excluding hydrogens is 310 g/mol. The van der Waals surface area contributed by atoms with Crippen molar-refractivity contribution in [2.45, 2.75) is 58.0 Å². The van der Waals surface area contributed by atoms with Crippen LogP contribution < -0.4 is 16.0 Å². The highest BCUT2D eigenvalue weighted by molar-refractivity contribution is 7.09. The molecule has 0 aliphatic heterocycles. The molecule has 1 fully saturated rings. The molecule has 1 aromatic rings. The molecule has 0 saturated heterocycles. The second kappa shape index (κ2) is 8.86. The SMILES string of the molecule is CN=C(NCCCC(=O)NC1CC1)NCc1nc(C(C)C)cs1. The number of carbonyl (C=O) groups is 1. The summed E-state index contributed by atoms with van der Waals surface area (Å²) in [7, 11) is 1.75. The van der Waals surface area contributed by atoms with Crippen molar-refractivity contribution < 1.29 is 4.79 Å². The van der Waals surface area contributed by atoms with E-state index in [1.54, 1.807) is 18.4 Å². The molecule has 3 N–H and O–H groups in total. The van der Waals surface area contributed by atoms with Crippen molar-refractivity contribution in [1.29, 1.82) is 0 Å². The van der Waals surface area contributed by atoms with Crippen molar-refractivity contribution in [3.05, 3.63) is 16.1 Å². The monoisotopic (exact) mass is 337 g/mol. The second-order valence-corrected chi connectivity index (χ2v) is 7.06. The summed E-state index contributed by atoms with van der Waals surface area (Å²) < 4.78 is 0. The van der Waals surface area contributed by atoms with Gasteiger partial charge in [-0.25, -0.2) is 4.98 Å². The molecule has 0 unspecified atom stereocenters. The zero-order chi connectivity index (χ0) is 16.7. The van der Waals surface area contributed by atoms with Crippen LogP contribution in [0.2, 0.25) is 0 Å². The lowest BCUT2D eigenvalue weighted by Gasteiger charge is -2.10. The topological polar surface area (TPSA) is 78.4 Å². The predicted octanol–water partition coefficient (Wildman–Crippen LogP) is 1.99. The van der Waals surface area contributed by atoms with Crippen molar-refractivity contribution in [2.24, 2.45) is 4.99 Å². The van der Waals surface area contributed by atoms with Crippen LogP contribution in [-0.4, -0.2) is 36.5 Å². The summed E-state index contributed by atoms with van der Waals surface area (Å²) in [5, 5.41) is 12.6. The van der Waals surface area contributed by atoms with E-state index in [9.17, 15) is 4.79 Å². The van der Waals surface area contributed by atoms with Crippen molar-refractivity contribution >= 4 is 23.2 Å². The Balaban J connectivity index is 1.61. The summed E-state index contributed by atoms with van der Waals surface area (Å²) in [5.41, 5.74) is 1.14. The summed E-state index contributed by atoms with van der Waals surface area (Å²) in [5.74, 6) is 1.36. The lowest BCUT2D eigenvalue weighted by Crippen LogP contribution is -2.37. The summed E-state index contributed by atoms with van der Waals surface area (Å²) in [6.07, 6.45) is 3.63. The third-order valence-electron chi connectivity index (χ3n) is 3.61. The van der Waals surface area contributed by atoms with Crippen LogP contribution in [-0.2, 0) is 11.3 Å². The number of amides is 1. The Bertz CT molecular complexity index is 536.